The van der Waals surface area contributed by atoms with E-state index < -0.39 is 0 Å². The van der Waals surface area contributed by atoms with E-state index in [1.165, 1.54) is 4.88 Å². The maximum atomic E-state index is 5.73. The Hall–Kier alpha value is -2.28. The number of aliphatic imine (C=N–C) groups is 1. The van der Waals surface area contributed by atoms with Crippen LogP contribution in [0.15, 0.2) is 29.4 Å². The molecule has 0 spiro atoms. The fraction of sp³-hybridized carbons (Fsp3) is 0.412. The molecule has 2 N–H and O–H groups in total. The third-order valence-electron chi connectivity index (χ3n) is 3.40. The number of fused-ring (bicyclic) bond motifs is 1. The number of guanidine groups is 1. The van der Waals surface area contributed by atoms with E-state index in [4.69, 9.17) is 9.47 Å². The summed E-state index contributed by atoms with van der Waals surface area (Å²) in [5.74, 6) is 2.28. The van der Waals surface area contributed by atoms with E-state index >= 15 is 0 Å². The molecular formula is C17H22N4O2S. The van der Waals surface area contributed by atoms with Crippen LogP contribution in [0.2, 0.25) is 0 Å². The van der Waals surface area contributed by atoms with Gasteiger partial charge in [0.2, 0.25) is 0 Å². The van der Waals surface area contributed by atoms with Crippen molar-refractivity contribution in [3.05, 3.63) is 34.3 Å². The number of aryl methyl sites for hydroxylation is 1. The van der Waals surface area contributed by atoms with Crippen LogP contribution >= 0.6 is 11.3 Å². The Kier molecular flexibility index (Phi) is 5.53. The van der Waals surface area contributed by atoms with Crippen LogP contribution in [-0.4, -0.2) is 30.7 Å². The lowest BCUT2D eigenvalue weighted by Crippen LogP contribution is -2.30. The van der Waals surface area contributed by atoms with Crippen molar-refractivity contribution >= 4 is 23.0 Å². The van der Waals surface area contributed by atoms with Crippen molar-refractivity contribution in [3.8, 4) is 11.5 Å². The second-order valence-electron chi connectivity index (χ2n) is 5.40. The lowest BCUT2D eigenvalue weighted by Gasteiger charge is -2.13. The van der Waals surface area contributed by atoms with Gasteiger partial charge in [0.15, 0.2) is 17.5 Å². The zero-order chi connectivity index (χ0) is 16.8. The van der Waals surface area contributed by atoms with Gasteiger partial charge in [-0.25, -0.2) is 9.98 Å². The molecule has 3 rings (SSSR count). The van der Waals surface area contributed by atoms with E-state index in [1.54, 1.807) is 11.3 Å². The fourth-order valence-corrected chi connectivity index (χ4v) is 3.02. The summed E-state index contributed by atoms with van der Waals surface area (Å²) < 4.78 is 11.4. The Labute approximate surface area is 145 Å². The normalized spacial score (nSPS) is 14.2. The summed E-state index contributed by atoms with van der Waals surface area (Å²) in [4.78, 5) is 10.1. The molecule has 2 aromatic rings. The van der Waals surface area contributed by atoms with E-state index in [9.17, 15) is 0 Å². The number of aromatic nitrogens is 1. The second-order valence-corrected chi connectivity index (χ2v) is 6.72. The highest BCUT2D eigenvalue weighted by atomic mass is 32.1. The van der Waals surface area contributed by atoms with E-state index in [1.807, 2.05) is 38.2 Å². The van der Waals surface area contributed by atoms with Gasteiger partial charge in [0.1, 0.15) is 5.01 Å². The molecule has 7 heteroatoms. The molecule has 1 aromatic carbocycles. The summed E-state index contributed by atoms with van der Waals surface area (Å²) in [6.07, 6.45) is 2.77. The molecular weight excluding hydrogens is 324 g/mol. The Morgan fingerprint density at radius 2 is 2.12 bits per heavy atom. The van der Waals surface area contributed by atoms with Crippen LogP contribution in [0.3, 0.4) is 0 Å². The number of anilines is 1. The molecule has 1 aliphatic heterocycles. The number of hydrogen-bond donors (Lipinski definition) is 2. The highest BCUT2D eigenvalue weighted by Gasteiger charge is 2.11. The van der Waals surface area contributed by atoms with Crippen molar-refractivity contribution in [1.29, 1.82) is 0 Å². The Morgan fingerprint density at radius 1 is 1.29 bits per heavy atom. The molecule has 0 saturated carbocycles. The van der Waals surface area contributed by atoms with Gasteiger partial charge in [-0.05, 0) is 26.0 Å². The molecule has 2 heterocycles. The van der Waals surface area contributed by atoms with E-state index in [0.29, 0.717) is 19.8 Å². The van der Waals surface area contributed by atoms with E-state index in [-0.39, 0.29) is 0 Å². The van der Waals surface area contributed by atoms with Crippen LogP contribution in [0.1, 0.15) is 23.2 Å². The number of rotatable bonds is 4. The molecule has 0 amide bonds. The van der Waals surface area contributed by atoms with Crippen molar-refractivity contribution in [2.75, 3.05) is 25.1 Å². The smallest absolute Gasteiger partial charge is 0.196 e. The van der Waals surface area contributed by atoms with Crippen LogP contribution in [0.5, 0.6) is 11.5 Å². The number of nitrogens with one attached hydrogen (secondary N) is 2. The molecule has 6 nitrogen and oxygen atoms in total. The van der Waals surface area contributed by atoms with Gasteiger partial charge in [-0.1, -0.05) is 0 Å². The van der Waals surface area contributed by atoms with Crippen molar-refractivity contribution in [1.82, 2.24) is 10.3 Å². The predicted molar refractivity (Wildman–Crippen MR) is 97.3 cm³/mol. The van der Waals surface area contributed by atoms with Gasteiger partial charge in [0.05, 0.1) is 19.8 Å². The van der Waals surface area contributed by atoms with Crippen LogP contribution in [-0.2, 0) is 6.54 Å². The lowest BCUT2D eigenvalue weighted by atomic mass is 10.3. The van der Waals surface area contributed by atoms with Crippen molar-refractivity contribution in [2.45, 2.75) is 26.8 Å². The minimum Gasteiger partial charge on any atom is -0.490 e. The van der Waals surface area contributed by atoms with Gasteiger partial charge >= 0.3 is 0 Å². The van der Waals surface area contributed by atoms with Gasteiger partial charge in [-0.15, -0.1) is 11.3 Å². The van der Waals surface area contributed by atoms with Gasteiger partial charge in [0.25, 0.3) is 0 Å². The quantitative estimate of drug-likeness (QED) is 0.657. The first kappa shape index (κ1) is 16.6. The molecule has 0 unspecified atom stereocenters. The number of thiazole rings is 1. The zero-order valence-corrected chi connectivity index (χ0v) is 14.8. The number of nitrogens with zero attached hydrogens (tertiary/aromatic N) is 2. The van der Waals surface area contributed by atoms with Crippen LogP contribution < -0.4 is 20.1 Å². The van der Waals surface area contributed by atoms with Crippen LogP contribution in [0.4, 0.5) is 5.69 Å². The standard InChI is InChI=1S/C17H22N4O2S/c1-3-18-17(20-11-16-19-10-12(2)24-16)21-13-5-6-14-15(9-13)23-8-4-7-22-14/h5-6,9-10H,3-4,7-8,11H2,1-2H3,(H2,18,20,21). The Morgan fingerprint density at radius 3 is 2.88 bits per heavy atom. The van der Waals surface area contributed by atoms with Gasteiger partial charge in [-0.2, -0.15) is 0 Å². The molecule has 0 aliphatic carbocycles. The fourth-order valence-electron chi connectivity index (χ4n) is 2.31. The molecule has 128 valence electrons. The van der Waals surface area contributed by atoms with Gasteiger partial charge < -0.3 is 20.1 Å². The summed E-state index contributed by atoms with van der Waals surface area (Å²) >= 11 is 1.66. The first-order valence-corrected chi connectivity index (χ1v) is 8.92. The Balaban J connectivity index is 1.71. The topological polar surface area (TPSA) is 67.8 Å². The third-order valence-corrected chi connectivity index (χ3v) is 4.29. The minimum atomic E-state index is 0.554. The zero-order valence-electron chi connectivity index (χ0n) is 14.0. The SMILES string of the molecule is CCNC(=NCc1ncc(C)s1)Nc1ccc2c(c1)OCCCO2. The largest absolute Gasteiger partial charge is 0.490 e. The first-order valence-electron chi connectivity index (χ1n) is 8.11. The summed E-state index contributed by atoms with van der Waals surface area (Å²) in [6.45, 7) is 6.79. The summed E-state index contributed by atoms with van der Waals surface area (Å²) in [5.41, 5.74) is 0.911. The van der Waals surface area contributed by atoms with Crippen molar-refractivity contribution in [2.24, 2.45) is 4.99 Å². The number of benzene rings is 1. The van der Waals surface area contributed by atoms with Crippen molar-refractivity contribution in [3.63, 3.8) is 0 Å². The maximum absolute atomic E-state index is 5.73. The van der Waals surface area contributed by atoms with Crippen LogP contribution in [0.25, 0.3) is 0 Å². The Bertz CT molecular complexity index is 714. The monoisotopic (exact) mass is 346 g/mol. The molecule has 0 saturated heterocycles. The summed E-state index contributed by atoms with van der Waals surface area (Å²) in [7, 11) is 0. The van der Waals surface area contributed by atoms with E-state index in [0.717, 1.165) is 41.1 Å². The first-order chi connectivity index (χ1) is 11.7. The molecule has 1 aliphatic rings. The number of hydrogen-bond acceptors (Lipinski definition) is 5. The average molecular weight is 346 g/mol. The van der Waals surface area contributed by atoms with Gasteiger partial charge in [0, 0.05) is 35.8 Å². The van der Waals surface area contributed by atoms with Crippen molar-refractivity contribution < 1.29 is 9.47 Å². The molecule has 0 bridgehead atoms. The molecule has 0 atom stereocenters. The lowest BCUT2D eigenvalue weighted by molar-refractivity contribution is 0.297. The molecule has 24 heavy (non-hydrogen) atoms. The third kappa shape index (κ3) is 4.38. The van der Waals surface area contributed by atoms with Crippen LogP contribution in [0, 0.1) is 6.92 Å². The van der Waals surface area contributed by atoms with E-state index in [2.05, 4.69) is 20.6 Å². The highest BCUT2D eigenvalue weighted by molar-refractivity contribution is 7.11. The average Bonchev–Trinajstić information content (AvgIpc) is 2.85. The maximum Gasteiger partial charge on any atom is 0.196 e. The predicted octanol–water partition coefficient (Wildman–Crippen LogP) is 3.19. The minimum absolute atomic E-state index is 0.554. The number of ether oxygens (including phenoxy) is 2. The molecule has 0 radical (unpaired) electrons. The summed E-state index contributed by atoms with van der Waals surface area (Å²) in [6, 6.07) is 5.84. The summed E-state index contributed by atoms with van der Waals surface area (Å²) in [5, 5.41) is 7.56. The highest BCUT2D eigenvalue weighted by Crippen LogP contribution is 2.32. The molecule has 1 aromatic heterocycles. The second kappa shape index (κ2) is 8.01. The molecule has 0 fully saturated rings. The van der Waals surface area contributed by atoms with Gasteiger partial charge in [-0.3, -0.25) is 0 Å².